The molecule has 2 aromatic carbocycles. The Morgan fingerprint density at radius 2 is 1.76 bits per heavy atom. The second kappa shape index (κ2) is 7.61. The summed E-state index contributed by atoms with van der Waals surface area (Å²) in [5.74, 6) is 0. The zero-order chi connectivity index (χ0) is 20.8. The SMILES string of the molecule is Cc1ccccc1S(=O)(=O)n1cc(C(F)F)c2c(N3CCCCC3)cc(Cl)cc21. The average Bonchev–Trinajstić information content (AvgIpc) is 3.08. The zero-order valence-corrected chi connectivity index (χ0v) is 17.5. The summed E-state index contributed by atoms with van der Waals surface area (Å²) >= 11 is 6.31. The number of benzene rings is 2. The summed E-state index contributed by atoms with van der Waals surface area (Å²) in [5, 5.41) is 0.571. The van der Waals surface area contributed by atoms with E-state index in [4.69, 9.17) is 11.6 Å². The smallest absolute Gasteiger partial charge is 0.268 e. The molecule has 1 saturated heterocycles. The topological polar surface area (TPSA) is 42.3 Å². The minimum Gasteiger partial charge on any atom is -0.371 e. The molecule has 154 valence electrons. The highest BCUT2D eigenvalue weighted by Crippen LogP contribution is 2.41. The van der Waals surface area contributed by atoms with Crippen LogP contribution in [0.2, 0.25) is 5.02 Å². The molecule has 3 aromatic rings. The van der Waals surface area contributed by atoms with Gasteiger partial charge in [-0.2, -0.15) is 0 Å². The van der Waals surface area contributed by atoms with E-state index in [1.807, 2.05) is 4.90 Å². The largest absolute Gasteiger partial charge is 0.371 e. The van der Waals surface area contributed by atoms with Crippen LogP contribution in [0.5, 0.6) is 0 Å². The number of fused-ring (bicyclic) bond motifs is 1. The van der Waals surface area contributed by atoms with Crippen molar-refractivity contribution >= 4 is 38.2 Å². The fourth-order valence-electron chi connectivity index (χ4n) is 4.01. The van der Waals surface area contributed by atoms with E-state index in [1.54, 1.807) is 31.2 Å². The Kier molecular flexibility index (Phi) is 5.29. The van der Waals surface area contributed by atoms with Crippen LogP contribution in [0.15, 0.2) is 47.5 Å². The molecule has 0 atom stereocenters. The van der Waals surface area contributed by atoms with Gasteiger partial charge in [-0.25, -0.2) is 21.2 Å². The van der Waals surface area contributed by atoms with Crippen LogP contribution in [0.4, 0.5) is 14.5 Å². The third-order valence-corrected chi connectivity index (χ3v) is 7.46. The highest BCUT2D eigenvalue weighted by atomic mass is 35.5. The normalized spacial score (nSPS) is 15.4. The van der Waals surface area contributed by atoms with Gasteiger partial charge in [-0.15, -0.1) is 0 Å². The summed E-state index contributed by atoms with van der Waals surface area (Å²) in [6.07, 6.45) is 1.24. The van der Waals surface area contributed by atoms with Crippen molar-refractivity contribution in [3.8, 4) is 0 Å². The van der Waals surface area contributed by atoms with E-state index in [1.165, 1.54) is 12.1 Å². The number of nitrogens with zero attached hydrogens (tertiary/aromatic N) is 2. The maximum absolute atomic E-state index is 14.0. The zero-order valence-electron chi connectivity index (χ0n) is 15.9. The Bertz CT molecular complexity index is 1170. The molecule has 8 heteroatoms. The molecule has 1 aliphatic rings. The maximum atomic E-state index is 14.0. The molecule has 4 nitrogen and oxygen atoms in total. The highest BCUT2D eigenvalue weighted by molar-refractivity contribution is 7.90. The lowest BCUT2D eigenvalue weighted by atomic mass is 10.1. The molecule has 1 aliphatic heterocycles. The van der Waals surface area contributed by atoms with Crippen LogP contribution < -0.4 is 4.90 Å². The summed E-state index contributed by atoms with van der Waals surface area (Å²) in [5.41, 5.74) is 0.999. The van der Waals surface area contributed by atoms with Crippen LogP contribution >= 0.6 is 11.6 Å². The molecule has 0 unspecified atom stereocenters. The van der Waals surface area contributed by atoms with Crippen LogP contribution in [0.3, 0.4) is 0 Å². The van der Waals surface area contributed by atoms with Crippen molar-refractivity contribution in [2.24, 2.45) is 0 Å². The maximum Gasteiger partial charge on any atom is 0.268 e. The molecule has 0 N–H and O–H groups in total. The molecule has 0 aliphatic carbocycles. The van der Waals surface area contributed by atoms with Crippen molar-refractivity contribution in [2.75, 3.05) is 18.0 Å². The highest BCUT2D eigenvalue weighted by Gasteiger charge is 2.28. The Hall–Kier alpha value is -2.12. The molecule has 0 saturated carbocycles. The van der Waals surface area contributed by atoms with Gasteiger partial charge in [-0.1, -0.05) is 29.8 Å². The number of alkyl halides is 2. The first kappa shape index (κ1) is 20.2. The summed E-state index contributed by atoms with van der Waals surface area (Å²) in [7, 11) is -4.07. The Balaban J connectivity index is 2.02. The molecule has 1 aromatic heterocycles. The fourth-order valence-corrected chi connectivity index (χ4v) is 5.81. The van der Waals surface area contributed by atoms with Crippen LogP contribution in [0.25, 0.3) is 10.9 Å². The Morgan fingerprint density at radius 1 is 1.07 bits per heavy atom. The number of halogens is 3. The van der Waals surface area contributed by atoms with Gasteiger partial charge in [0.2, 0.25) is 0 Å². The monoisotopic (exact) mass is 438 g/mol. The predicted octanol–water partition coefficient (Wildman–Crippen LogP) is 5.77. The molecular formula is C21H21ClF2N2O2S. The summed E-state index contributed by atoms with van der Waals surface area (Å²) in [4.78, 5) is 2.10. The lowest BCUT2D eigenvalue weighted by molar-refractivity contribution is 0.153. The quantitative estimate of drug-likeness (QED) is 0.519. The Labute approximate surface area is 173 Å². The van der Waals surface area contributed by atoms with Crippen molar-refractivity contribution in [2.45, 2.75) is 37.5 Å². The predicted molar refractivity (Wildman–Crippen MR) is 112 cm³/mol. The second-order valence-electron chi connectivity index (χ2n) is 7.32. The number of aromatic nitrogens is 1. The van der Waals surface area contributed by atoms with Gasteiger partial charge in [0.15, 0.2) is 0 Å². The average molecular weight is 439 g/mol. The first-order chi connectivity index (χ1) is 13.8. The number of piperidine rings is 1. The number of rotatable bonds is 4. The Morgan fingerprint density at radius 3 is 2.41 bits per heavy atom. The first-order valence-corrected chi connectivity index (χ1v) is 11.3. The molecule has 29 heavy (non-hydrogen) atoms. The molecule has 0 radical (unpaired) electrons. The summed E-state index contributed by atoms with van der Waals surface area (Å²) in [6.45, 7) is 3.14. The molecule has 2 heterocycles. The molecular weight excluding hydrogens is 418 g/mol. The summed E-state index contributed by atoms with van der Waals surface area (Å²) < 4.78 is 55.6. The molecule has 0 spiro atoms. The van der Waals surface area contributed by atoms with Gasteiger partial charge in [0, 0.05) is 40.9 Å². The van der Waals surface area contributed by atoms with Gasteiger partial charge in [-0.05, 0) is 49.9 Å². The van der Waals surface area contributed by atoms with Crippen molar-refractivity contribution in [1.29, 1.82) is 0 Å². The van der Waals surface area contributed by atoms with Crippen LogP contribution in [-0.4, -0.2) is 25.5 Å². The van der Waals surface area contributed by atoms with Gasteiger partial charge >= 0.3 is 0 Å². The van der Waals surface area contributed by atoms with E-state index in [0.717, 1.165) is 42.5 Å². The van der Waals surface area contributed by atoms with E-state index in [2.05, 4.69) is 0 Å². The number of aryl methyl sites for hydroxylation is 1. The molecule has 0 bridgehead atoms. The van der Waals surface area contributed by atoms with E-state index in [9.17, 15) is 17.2 Å². The third kappa shape index (κ3) is 3.51. The van der Waals surface area contributed by atoms with Crippen molar-refractivity contribution < 1.29 is 17.2 Å². The minimum absolute atomic E-state index is 0.0808. The fraction of sp³-hybridized carbons (Fsp3) is 0.333. The lowest BCUT2D eigenvalue weighted by Crippen LogP contribution is -2.29. The first-order valence-electron chi connectivity index (χ1n) is 9.49. The lowest BCUT2D eigenvalue weighted by Gasteiger charge is -2.30. The molecule has 1 fully saturated rings. The number of anilines is 1. The minimum atomic E-state index is -4.07. The van der Waals surface area contributed by atoms with Gasteiger partial charge in [0.25, 0.3) is 16.4 Å². The van der Waals surface area contributed by atoms with Gasteiger partial charge in [0.05, 0.1) is 10.4 Å². The molecule has 0 amide bonds. The van der Waals surface area contributed by atoms with Gasteiger partial charge in [-0.3, -0.25) is 0 Å². The van der Waals surface area contributed by atoms with Crippen LogP contribution in [0, 0.1) is 6.92 Å². The standard InChI is InChI=1S/C21H21ClF2N2O2S/c1-14-7-3-4-8-19(14)29(27,28)26-13-16(21(23)24)20-17(11-15(22)12-18(20)26)25-9-5-2-6-10-25/h3-4,7-8,11-13,21H,2,5-6,9-10H2,1H3. The number of hydrogen-bond donors (Lipinski definition) is 0. The van der Waals surface area contributed by atoms with E-state index in [0.29, 0.717) is 16.3 Å². The van der Waals surface area contributed by atoms with E-state index >= 15 is 0 Å². The van der Waals surface area contributed by atoms with Gasteiger partial charge in [0.1, 0.15) is 0 Å². The number of hydrogen-bond acceptors (Lipinski definition) is 3. The second-order valence-corrected chi connectivity index (χ2v) is 9.54. The summed E-state index contributed by atoms with van der Waals surface area (Å²) in [6, 6.07) is 9.62. The van der Waals surface area contributed by atoms with E-state index < -0.39 is 16.4 Å². The van der Waals surface area contributed by atoms with Crippen molar-refractivity contribution in [3.05, 3.63) is 58.7 Å². The van der Waals surface area contributed by atoms with Gasteiger partial charge < -0.3 is 4.90 Å². The van der Waals surface area contributed by atoms with Crippen molar-refractivity contribution in [3.63, 3.8) is 0 Å². The molecule has 4 rings (SSSR count). The van der Waals surface area contributed by atoms with Crippen LogP contribution in [-0.2, 0) is 10.0 Å². The van der Waals surface area contributed by atoms with E-state index in [-0.39, 0.29) is 21.4 Å². The van der Waals surface area contributed by atoms with Crippen LogP contribution in [0.1, 0.15) is 36.8 Å². The third-order valence-electron chi connectivity index (χ3n) is 5.41. The van der Waals surface area contributed by atoms with Crippen molar-refractivity contribution in [1.82, 2.24) is 3.97 Å².